The van der Waals surface area contributed by atoms with Gasteiger partial charge in [-0.2, -0.15) is 0 Å². The molecule has 2 aromatic carbocycles. The molecule has 4 aliphatic rings. The van der Waals surface area contributed by atoms with Crippen molar-refractivity contribution in [3.63, 3.8) is 0 Å². The molecule has 0 aliphatic carbocycles. The number of benzene rings is 2. The number of likely N-dealkylation sites (N-methyl/N-ethyl adjacent to an activating group) is 1. The highest BCUT2D eigenvalue weighted by Crippen LogP contribution is 2.48. The lowest BCUT2D eigenvalue weighted by Crippen LogP contribution is -2.57. The first-order valence-electron chi connectivity index (χ1n) is 27.7. The number of Topliss-reactive ketones (excluding diaryl/α,β-unsaturated/α-hetero) is 1. The molecule has 4 saturated heterocycles. The number of thioether (sulfide) groups is 2. The lowest BCUT2D eigenvalue weighted by Gasteiger charge is -2.35. The number of nitrogens with zero attached hydrogens (tertiary/aromatic N) is 2. The normalized spacial score (nSPS) is 24.9. The van der Waals surface area contributed by atoms with Crippen molar-refractivity contribution in [1.29, 1.82) is 0 Å². The second kappa shape index (κ2) is 28.4. The summed E-state index contributed by atoms with van der Waals surface area (Å²) in [5.74, 6) is 0.309. The summed E-state index contributed by atoms with van der Waals surface area (Å²) < 4.78 is 12.5. The Balaban J connectivity index is 0.898. The Morgan fingerprint density at radius 2 is 1.14 bits per heavy atom. The zero-order valence-electron chi connectivity index (χ0n) is 45.7. The van der Waals surface area contributed by atoms with Crippen LogP contribution >= 0.6 is 23.5 Å². The number of hydrogen-bond acceptors (Lipinski definition) is 11. The molecule has 74 heavy (non-hydrogen) atoms. The van der Waals surface area contributed by atoms with Gasteiger partial charge in [0.2, 0.25) is 29.5 Å². The maximum Gasteiger partial charge on any atom is 0.246 e. The Kier molecular flexibility index (Phi) is 22.8. The average Bonchev–Trinajstić information content (AvgIpc) is 3.71. The molecule has 2 unspecified atom stereocenters. The molecule has 4 aliphatic heterocycles. The third-order valence-electron chi connectivity index (χ3n) is 15.8. The van der Waals surface area contributed by atoms with Crippen LogP contribution in [0.4, 0.5) is 0 Å². The van der Waals surface area contributed by atoms with Crippen LogP contribution in [0.2, 0.25) is 0 Å². The van der Waals surface area contributed by atoms with Crippen LogP contribution in [0.1, 0.15) is 161 Å². The fourth-order valence-electron chi connectivity index (χ4n) is 11.1. The van der Waals surface area contributed by atoms with Crippen LogP contribution in [0.25, 0.3) is 0 Å². The highest BCUT2D eigenvalue weighted by atomic mass is 32.2. The summed E-state index contributed by atoms with van der Waals surface area (Å²) in [6.45, 7) is 15.9. The van der Waals surface area contributed by atoms with E-state index in [0.717, 1.165) is 80.4 Å². The summed E-state index contributed by atoms with van der Waals surface area (Å²) in [4.78, 5) is 86.3. The number of unbranched alkanes of at least 4 members (excludes halogenated alkanes) is 7. The first-order chi connectivity index (χ1) is 35.5. The first kappa shape index (κ1) is 59.3. The van der Waals surface area contributed by atoms with E-state index in [1.165, 1.54) is 0 Å². The highest BCUT2D eigenvalue weighted by Gasteiger charge is 2.56. The van der Waals surface area contributed by atoms with E-state index < -0.39 is 41.0 Å². The Bertz CT molecular complexity index is 2000. The van der Waals surface area contributed by atoms with Gasteiger partial charge in [0.1, 0.15) is 18.1 Å². The average molecular weight is 1060 g/mol. The van der Waals surface area contributed by atoms with Crippen molar-refractivity contribution in [2.45, 2.75) is 191 Å². The summed E-state index contributed by atoms with van der Waals surface area (Å²) in [6, 6.07) is 16.6. The number of nitrogens with one attached hydrogen (secondary N) is 4. The van der Waals surface area contributed by atoms with Gasteiger partial charge >= 0.3 is 0 Å². The van der Waals surface area contributed by atoms with Crippen LogP contribution < -0.4 is 21.3 Å². The second-order valence-corrected chi connectivity index (χ2v) is 25.2. The molecule has 2 aromatic rings. The van der Waals surface area contributed by atoms with Crippen molar-refractivity contribution in [2.24, 2.45) is 16.7 Å². The minimum atomic E-state index is -0.676. The van der Waals surface area contributed by atoms with Crippen LogP contribution in [0.5, 0.6) is 0 Å². The lowest BCUT2D eigenvalue weighted by molar-refractivity contribution is -0.144. The zero-order chi connectivity index (χ0) is 53.4. The maximum absolute atomic E-state index is 14.5. The third-order valence-corrected chi connectivity index (χ3v) is 18.3. The third kappa shape index (κ3) is 15.8. The smallest absolute Gasteiger partial charge is 0.246 e. The quantitative estimate of drug-likeness (QED) is 0.0602. The van der Waals surface area contributed by atoms with Crippen LogP contribution in [-0.2, 0) is 38.2 Å². The molecule has 0 bridgehead atoms. The van der Waals surface area contributed by atoms with Crippen LogP contribution in [0.15, 0.2) is 60.7 Å². The predicted molar refractivity (Wildman–Crippen MR) is 296 cm³/mol. The number of ether oxygens (including phenoxy) is 2. The van der Waals surface area contributed by atoms with Gasteiger partial charge in [-0.15, -0.1) is 23.5 Å². The van der Waals surface area contributed by atoms with E-state index in [1.807, 2.05) is 62.4 Å². The molecule has 4 heterocycles. The summed E-state index contributed by atoms with van der Waals surface area (Å²) in [5, 5.41) is 12.0. The zero-order valence-corrected chi connectivity index (χ0v) is 47.3. The molecule has 5 amide bonds. The molecule has 6 rings (SSSR count). The van der Waals surface area contributed by atoms with Gasteiger partial charge < -0.3 is 40.5 Å². The minimum absolute atomic E-state index is 0.0419. The van der Waals surface area contributed by atoms with E-state index in [1.54, 1.807) is 47.3 Å². The van der Waals surface area contributed by atoms with Crippen molar-refractivity contribution < 1.29 is 38.2 Å². The fourth-order valence-corrected chi connectivity index (χ4v) is 14.3. The second-order valence-electron chi connectivity index (χ2n) is 22.6. The van der Waals surface area contributed by atoms with E-state index in [-0.39, 0.29) is 70.4 Å². The summed E-state index contributed by atoms with van der Waals surface area (Å²) in [6.07, 6.45) is 12.0. The number of carbonyl (C=O) groups excluding carboxylic acids is 6. The van der Waals surface area contributed by atoms with Crippen molar-refractivity contribution >= 4 is 58.8 Å². The topological polar surface area (TPSA) is 175 Å². The van der Waals surface area contributed by atoms with Gasteiger partial charge in [0.15, 0.2) is 5.78 Å². The van der Waals surface area contributed by atoms with E-state index in [9.17, 15) is 28.8 Å². The van der Waals surface area contributed by atoms with Crippen molar-refractivity contribution in [1.82, 2.24) is 31.1 Å². The van der Waals surface area contributed by atoms with Gasteiger partial charge in [0.05, 0.1) is 42.1 Å². The Morgan fingerprint density at radius 1 is 0.662 bits per heavy atom. The van der Waals surface area contributed by atoms with E-state index in [4.69, 9.17) is 9.47 Å². The van der Waals surface area contributed by atoms with E-state index in [2.05, 4.69) is 61.1 Å². The van der Waals surface area contributed by atoms with Gasteiger partial charge in [-0.05, 0) is 92.4 Å². The standard InChI is InChI=1S/C58H88N6O8S2/c1-9-39(2)52(66)60-44-28-32-74-49-36-58(6,7)51(64(49)56(44)70)54(68)62-46(42-26-20-17-21-27-42)38-72-31-23-15-13-11-10-12-14-22-30-71-37-43(41-24-18-16-19-25-41)34-47(65)50-57(4,5)35-48-63(50)55(69)45(29-33-73-48)61-53(67)40(3)59-8/h16-21,24-27,39-40,43-46,48-51,59H,9-15,22-23,28-38H2,1-8H3,(H,60,66)(H,61,67)(H,62,68)/t39-,40+,43-,44?,45+,46-,48+,49+,50?,51-/m1/s1. The largest absolute Gasteiger partial charge is 0.381 e. The minimum Gasteiger partial charge on any atom is -0.381 e. The molecule has 10 atom stereocenters. The van der Waals surface area contributed by atoms with Gasteiger partial charge in [-0.1, -0.05) is 141 Å². The molecule has 16 heteroatoms. The van der Waals surface area contributed by atoms with E-state index in [0.29, 0.717) is 52.1 Å². The molecule has 4 N–H and O–H groups in total. The number of hydrogen-bond donors (Lipinski definition) is 4. The Hall–Kier alpha value is -3.96. The Morgan fingerprint density at radius 3 is 1.66 bits per heavy atom. The molecule has 14 nitrogen and oxygen atoms in total. The van der Waals surface area contributed by atoms with E-state index >= 15 is 0 Å². The van der Waals surface area contributed by atoms with Gasteiger partial charge in [0, 0.05) is 31.5 Å². The number of rotatable bonds is 28. The van der Waals surface area contributed by atoms with Gasteiger partial charge in [0.25, 0.3) is 0 Å². The molecule has 0 radical (unpaired) electrons. The maximum atomic E-state index is 14.5. The SMILES string of the molecule is CC[C@@H](C)C(=O)NC1CCS[C@H]2CC(C)(C)[C@@H](C(=O)N[C@H](COCCCCCCCCCCOC[C@@H](CC(=O)C3N4C(=O)[C@@H](NC(=O)[C@H](C)NC)CCS[C@H]4CC3(C)C)c3ccccc3)c3ccccc3)N2C1=O. The molecule has 0 spiro atoms. The van der Waals surface area contributed by atoms with Crippen LogP contribution in [0, 0.1) is 16.7 Å². The molecular weight excluding hydrogens is 973 g/mol. The fraction of sp³-hybridized carbons (Fsp3) is 0.690. The monoisotopic (exact) mass is 1060 g/mol. The number of fused-ring (bicyclic) bond motifs is 2. The molecule has 410 valence electrons. The molecule has 0 saturated carbocycles. The summed E-state index contributed by atoms with van der Waals surface area (Å²) in [7, 11) is 1.72. The van der Waals surface area contributed by atoms with Crippen molar-refractivity contribution in [3.8, 4) is 0 Å². The number of amides is 5. The Labute approximate surface area is 450 Å². The number of ketones is 1. The van der Waals surface area contributed by atoms with Crippen LogP contribution in [0.3, 0.4) is 0 Å². The van der Waals surface area contributed by atoms with Crippen molar-refractivity contribution in [2.75, 3.05) is 45.0 Å². The molecule has 0 aromatic heterocycles. The lowest BCUT2D eigenvalue weighted by atomic mass is 9.79. The highest BCUT2D eigenvalue weighted by molar-refractivity contribution is 8.00. The molecule has 4 fully saturated rings. The first-order valence-corrected chi connectivity index (χ1v) is 29.8. The van der Waals surface area contributed by atoms with Crippen molar-refractivity contribution in [3.05, 3.63) is 71.8 Å². The summed E-state index contributed by atoms with van der Waals surface area (Å²) >= 11 is 3.41. The van der Waals surface area contributed by atoms with Crippen LogP contribution in [-0.4, -0.2) is 131 Å². The molecular formula is C58H88N6O8S2. The predicted octanol–water partition coefficient (Wildman–Crippen LogP) is 8.54. The number of carbonyl (C=O) groups is 6. The summed E-state index contributed by atoms with van der Waals surface area (Å²) in [5.41, 5.74) is 1.14. The van der Waals surface area contributed by atoms with Gasteiger partial charge in [-0.25, -0.2) is 0 Å². The van der Waals surface area contributed by atoms with Gasteiger partial charge in [-0.3, -0.25) is 28.8 Å².